The Labute approximate surface area is 159 Å². The van der Waals surface area contributed by atoms with Crippen LogP contribution in [0.4, 0.5) is 5.69 Å². The van der Waals surface area contributed by atoms with E-state index >= 15 is 0 Å². The van der Waals surface area contributed by atoms with Crippen LogP contribution in [-0.4, -0.2) is 25.7 Å². The lowest BCUT2D eigenvalue weighted by Crippen LogP contribution is -2.27. The van der Waals surface area contributed by atoms with Crippen LogP contribution in [-0.2, 0) is 4.79 Å². The van der Waals surface area contributed by atoms with E-state index in [-0.39, 0.29) is 11.8 Å². The van der Waals surface area contributed by atoms with Crippen molar-refractivity contribution in [2.45, 2.75) is 19.3 Å². The minimum absolute atomic E-state index is 0.124. The molecule has 0 bridgehead atoms. The number of thiophene rings is 1. The topological polar surface area (TPSA) is 72.2 Å². The van der Waals surface area contributed by atoms with Crippen LogP contribution >= 0.6 is 11.3 Å². The molecule has 4 aromatic rings. The second-order valence-electron chi connectivity index (χ2n) is 6.68. The third-order valence-electron chi connectivity index (χ3n) is 4.93. The van der Waals surface area contributed by atoms with Gasteiger partial charge in [-0.2, -0.15) is 9.61 Å². The number of anilines is 1. The molecule has 1 amide bonds. The summed E-state index contributed by atoms with van der Waals surface area (Å²) in [6, 6.07) is 15.6. The Morgan fingerprint density at radius 3 is 2.63 bits per heavy atom. The van der Waals surface area contributed by atoms with E-state index in [2.05, 4.69) is 15.5 Å². The SMILES string of the molecule is O=C(Nc1ccc(-c2ccc3nnc(-c4cccs4)n3n2)cc1)C1CCC1. The molecule has 1 saturated carbocycles. The van der Waals surface area contributed by atoms with Gasteiger partial charge in [0, 0.05) is 17.2 Å². The zero-order valence-corrected chi connectivity index (χ0v) is 15.3. The Kier molecular flexibility index (Phi) is 3.94. The zero-order chi connectivity index (χ0) is 18.2. The Balaban J connectivity index is 1.43. The molecule has 0 atom stereocenters. The van der Waals surface area contributed by atoms with Gasteiger partial charge >= 0.3 is 0 Å². The van der Waals surface area contributed by atoms with Crippen molar-refractivity contribution >= 4 is 28.6 Å². The Hall–Kier alpha value is -3.06. The van der Waals surface area contributed by atoms with E-state index in [0.29, 0.717) is 5.65 Å². The summed E-state index contributed by atoms with van der Waals surface area (Å²) < 4.78 is 1.77. The molecule has 6 nitrogen and oxygen atoms in total. The minimum Gasteiger partial charge on any atom is -0.326 e. The number of carbonyl (C=O) groups is 1. The molecule has 0 unspecified atom stereocenters. The summed E-state index contributed by atoms with van der Waals surface area (Å²) in [5, 5.41) is 18.2. The van der Waals surface area contributed by atoms with Crippen molar-refractivity contribution in [1.29, 1.82) is 0 Å². The Bertz CT molecular complexity index is 1100. The second-order valence-corrected chi connectivity index (χ2v) is 7.63. The number of benzene rings is 1. The maximum atomic E-state index is 12.1. The van der Waals surface area contributed by atoms with Gasteiger partial charge in [0.25, 0.3) is 0 Å². The molecular formula is C20H17N5OS. The van der Waals surface area contributed by atoms with E-state index in [1.54, 1.807) is 15.9 Å². The summed E-state index contributed by atoms with van der Waals surface area (Å²) in [5.41, 5.74) is 3.34. The summed E-state index contributed by atoms with van der Waals surface area (Å²) in [7, 11) is 0. The van der Waals surface area contributed by atoms with E-state index in [1.807, 2.05) is 53.9 Å². The first-order chi connectivity index (χ1) is 13.3. The number of nitrogens with one attached hydrogen (secondary N) is 1. The molecule has 3 heterocycles. The van der Waals surface area contributed by atoms with Crippen LogP contribution in [0.25, 0.3) is 27.6 Å². The van der Waals surface area contributed by atoms with Gasteiger partial charge in [0.2, 0.25) is 5.91 Å². The van der Waals surface area contributed by atoms with Crippen molar-refractivity contribution in [3.8, 4) is 22.0 Å². The number of rotatable bonds is 4. The number of carbonyl (C=O) groups excluding carboxylic acids is 1. The molecule has 1 aliphatic rings. The van der Waals surface area contributed by atoms with E-state index in [9.17, 15) is 4.79 Å². The molecule has 7 heteroatoms. The molecule has 1 aromatic carbocycles. The average Bonchev–Trinajstić information content (AvgIpc) is 3.29. The number of amides is 1. The fourth-order valence-electron chi connectivity index (χ4n) is 3.14. The van der Waals surface area contributed by atoms with Gasteiger partial charge in [-0.15, -0.1) is 21.5 Å². The van der Waals surface area contributed by atoms with Gasteiger partial charge in [-0.3, -0.25) is 4.79 Å². The largest absolute Gasteiger partial charge is 0.326 e. The van der Waals surface area contributed by atoms with Crippen molar-refractivity contribution in [2.24, 2.45) is 5.92 Å². The molecule has 1 aliphatic carbocycles. The number of fused-ring (bicyclic) bond motifs is 1. The molecule has 27 heavy (non-hydrogen) atoms. The fraction of sp³-hybridized carbons (Fsp3) is 0.200. The van der Waals surface area contributed by atoms with E-state index in [0.717, 1.165) is 46.9 Å². The lowest BCUT2D eigenvalue weighted by molar-refractivity contribution is -0.122. The Morgan fingerprint density at radius 1 is 1.07 bits per heavy atom. The maximum absolute atomic E-state index is 12.1. The highest BCUT2D eigenvalue weighted by atomic mass is 32.1. The lowest BCUT2D eigenvalue weighted by atomic mass is 9.85. The standard InChI is InChI=1S/C20H17N5OS/c26-20(14-3-1-4-14)21-15-8-6-13(7-9-15)16-10-11-18-22-23-19(25(18)24-16)17-5-2-12-27-17/h2,5-12,14H,1,3-4H2,(H,21,26). The lowest BCUT2D eigenvalue weighted by Gasteiger charge is -2.24. The van der Waals surface area contributed by atoms with Gasteiger partial charge in [0.15, 0.2) is 11.5 Å². The summed E-state index contributed by atoms with van der Waals surface area (Å²) in [6.07, 6.45) is 3.15. The van der Waals surface area contributed by atoms with Gasteiger partial charge < -0.3 is 5.32 Å². The van der Waals surface area contributed by atoms with E-state index in [1.165, 1.54) is 0 Å². The molecule has 0 saturated heterocycles. The normalized spacial score (nSPS) is 14.2. The predicted octanol–water partition coefficient (Wildman–Crippen LogP) is 4.26. The molecule has 0 radical (unpaired) electrons. The summed E-state index contributed by atoms with van der Waals surface area (Å²) in [5.74, 6) is 1.04. The van der Waals surface area contributed by atoms with Gasteiger partial charge in [0.1, 0.15) is 0 Å². The van der Waals surface area contributed by atoms with Gasteiger partial charge in [-0.25, -0.2) is 0 Å². The Morgan fingerprint density at radius 2 is 1.93 bits per heavy atom. The maximum Gasteiger partial charge on any atom is 0.227 e. The van der Waals surface area contributed by atoms with Crippen LogP contribution in [0, 0.1) is 5.92 Å². The summed E-state index contributed by atoms with van der Waals surface area (Å²) in [4.78, 5) is 13.1. The van der Waals surface area contributed by atoms with Crippen LogP contribution in [0.5, 0.6) is 0 Å². The van der Waals surface area contributed by atoms with Crippen molar-refractivity contribution in [2.75, 3.05) is 5.32 Å². The number of nitrogens with zero attached hydrogens (tertiary/aromatic N) is 4. The van der Waals surface area contributed by atoms with Crippen molar-refractivity contribution in [3.63, 3.8) is 0 Å². The zero-order valence-electron chi connectivity index (χ0n) is 14.5. The number of hydrogen-bond donors (Lipinski definition) is 1. The van der Waals surface area contributed by atoms with E-state index in [4.69, 9.17) is 5.10 Å². The van der Waals surface area contributed by atoms with Crippen LogP contribution in [0.15, 0.2) is 53.9 Å². The van der Waals surface area contributed by atoms with Crippen LogP contribution in [0.1, 0.15) is 19.3 Å². The first kappa shape index (κ1) is 16.1. The molecule has 0 aliphatic heterocycles. The molecule has 3 aromatic heterocycles. The minimum atomic E-state index is 0.124. The quantitative estimate of drug-likeness (QED) is 0.578. The van der Waals surface area contributed by atoms with Crippen LogP contribution in [0.3, 0.4) is 0 Å². The monoisotopic (exact) mass is 375 g/mol. The summed E-state index contributed by atoms with van der Waals surface area (Å²) >= 11 is 1.61. The van der Waals surface area contributed by atoms with E-state index < -0.39 is 0 Å². The average molecular weight is 375 g/mol. The van der Waals surface area contributed by atoms with Crippen molar-refractivity contribution in [3.05, 3.63) is 53.9 Å². The molecular weight excluding hydrogens is 358 g/mol. The molecule has 134 valence electrons. The third-order valence-corrected chi connectivity index (χ3v) is 5.79. The van der Waals surface area contributed by atoms with Gasteiger partial charge in [0.05, 0.1) is 10.6 Å². The van der Waals surface area contributed by atoms with Gasteiger partial charge in [-0.1, -0.05) is 24.6 Å². The van der Waals surface area contributed by atoms with Crippen LogP contribution in [0.2, 0.25) is 0 Å². The van der Waals surface area contributed by atoms with Crippen molar-refractivity contribution in [1.82, 2.24) is 19.8 Å². The first-order valence-corrected chi connectivity index (χ1v) is 9.83. The second kappa shape index (κ2) is 6.59. The fourth-order valence-corrected chi connectivity index (χ4v) is 3.83. The molecule has 5 rings (SSSR count). The molecule has 1 N–H and O–H groups in total. The highest BCUT2D eigenvalue weighted by Crippen LogP contribution is 2.28. The summed E-state index contributed by atoms with van der Waals surface area (Å²) in [6.45, 7) is 0. The van der Waals surface area contributed by atoms with Crippen molar-refractivity contribution < 1.29 is 4.79 Å². The van der Waals surface area contributed by atoms with Crippen LogP contribution < -0.4 is 5.32 Å². The third kappa shape index (κ3) is 3.00. The first-order valence-electron chi connectivity index (χ1n) is 8.95. The number of hydrogen-bond acceptors (Lipinski definition) is 5. The number of aromatic nitrogens is 4. The highest BCUT2D eigenvalue weighted by molar-refractivity contribution is 7.13. The highest BCUT2D eigenvalue weighted by Gasteiger charge is 2.25. The van der Waals surface area contributed by atoms with Gasteiger partial charge in [-0.05, 0) is 48.6 Å². The smallest absolute Gasteiger partial charge is 0.227 e. The predicted molar refractivity (Wildman–Crippen MR) is 106 cm³/mol. The molecule has 0 spiro atoms. The molecule has 1 fully saturated rings.